The molecular formula is C16H33N2O2+. The smallest absolute Gasteiger partial charge is 0.222 e. The van der Waals surface area contributed by atoms with Gasteiger partial charge in [0.25, 0.3) is 0 Å². The molecule has 0 aliphatic carbocycles. The Labute approximate surface area is 124 Å². The molecule has 0 aliphatic heterocycles. The number of unbranched alkanes of at least 4 members (excludes halogenated alkanes) is 2. The minimum atomic E-state index is 0.189. The number of hydrogen-bond acceptors (Lipinski definition) is 2. The quantitative estimate of drug-likeness (QED) is 0.358. The lowest BCUT2D eigenvalue weighted by atomic mass is 10.2. The lowest BCUT2D eigenvalue weighted by Gasteiger charge is -2.31. The van der Waals surface area contributed by atoms with Crippen LogP contribution in [-0.4, -0.2) is 67.8 Å². The highest BCUT2D eigenvalue weighted by Crippen LogP contribution is 2.03. The predicted octanol–water partition coefficient (Wildman–Crippen LogP) is 2.04. The molecule has 0 atom stereocenters. The van der Waals surface area contributed by atoms with Crippen LogP contribution < -0.4 is 0 Å². The van der Waals surface area contributed by atoms with Crippen LogP contribution in [0, 0.1) is 0 Å². The second-order valence-corrected chi connectivity index (χ2v) is 6.07. The Bertz CT molecular complexity index is 288. The summed E-state index contributed by atoms with van der Waals surface area (Å²) in [4.78, 5) is 13.8. The molecular weight excluding hydrogens is 252 g/mol. The zero-order valence-electron chi connectivity index (χ0n) is 13.8. The number of hydrogen-bond donors (Lipinski definition) is 1. The maximum Gasteiger partial charge on any atom is 0.222 e. The fourth-order valence-electron chi connectivity index (χ4n) is 1.89. The Kier molecular flexibility index (Phi) is 10.4. The number of allylic oxidation sites excluding steroid dienone is 2. The highest BCUT2D eigenvalue weighted by Gasteiger charge is 2.16. The molecule has 4 nitrogen and oxygen atoms in total. The fourth-order valence-corrected chi connectivity index (χ4v) is 1.89. The lowest BCUT2D eigenvalue weighted by molar-refractivity contribution is -0.890. The second kappa shape index (κ2) is 10.9. The average Bonchev–Trinajstić information content (AvgIpc) is 2.39. The molecule has 0 heterocycles. The van der Waals surface area contributed by atoms with E-state index in [2.05, 4.69) is 33.2 Å². The van der Waals surface area contributed by atoms with E-state index in [9.17, 15) is 4.79 Å². The third-order valence-corrected chi connectivity index (χ3v) is 3.56. The molecule has 1 amide bonds. The van der Waals surface area contributed by atoms with Crippen molar-refractivity contribution in [2.24, 2.45) is 0 Å². The summed E-state index contributed by atoms with van der Waals surface area (Å²) in [6, 6.07) is 0. The van der Waals surface area contributed by atoms with E-state index in [0.29, 0.717) is 6.42 Å². The number of aliphatic hydroxyl groups excluding tert-OH is 1. The van der Waals surface area contributed by atoms with Crippen molar-refractivity contribution >= 4 is 5.91 Å². The summed E-state index contributed by atoms with van der Waals surface area (Å²) in [5.74, 6) is 0.220. The third kappa shape index (κ3) is 9.98. The van der Waals surface area contributed by atoms with Crippen molar-refractivity contribution in [1.29, 1.82) is 0 Å². The molecule has 0 saturated carbocycles. The maximum absolute atomic E-state index is 12.0. The van der Waals surface area contributed by atoms with Crippen LogP contribution in [0.25, 0.3) is 0 Å². The zero-order chi connectivity index (χ0) is 15.4. The normalized spacial score (nSPS) is 12.1. The average molecular weight is 285 g/mol. The molecule has 0 fully saturated rings. The van der Waals surface area contributed by atoms with Crippen molar-refractivity contribution in [3.05, 3.63) is 12.2 Å². The first-order valence-electron chi connectivity index (χ1n) is 7.74. The van der Waals surface area contributed by atoms with Gasteiger partial charge in [-0.1, -0.05) is 25.5 Å². The van der Waals surface area contributed by atoms with Crippen molar-refractivity contribution in [2.75, 3.05) is 47.4 Å². The number of quaternary nitrogens is 1. The molecule has 0 aromatic heterocycles. The van der Waals surface area contributed by atoms with Gasteiger partial charge in [0.1, 0.15) is 6.54 Å². The number of likely N-dealkylation sites (N-methyl/N-ethyl adjacent to an activating group) is 2. The van der Waals surface area contributed by atoms with Crippen LogP contribution in [0.1, 0.15) is 39.0 Å². The van der Waals surface area contributed by atoms with Gasteiger partial charge in [-0.05, 0) is 19.3 Å². The number of carbonyl (C=O) groups excluding carboxylic acids is 1. The van der Waals surface area contributed by atoms with Crippen LogP contribution in [0.3, 0.4) is 0 Å². The Balaban J connectivity index is 3.81. The number of nitrogens with zero attached hydrogens (tertiary/aromatic N) is 2. The monoisotopic (exact) mass is 285 g/mol. The van der Waals surface area contributed by atoms with Gasteiger partial charge in [0.2, 0.25) is 5.91 Å². The van der Waals surface area contributed by atoms with E-state index in [0.717, 1.165) is 43.4 Å². The topological polar surface area (TPSA) is 40.5 Å². The van der Waals surface area contributed by atoms with Gasteiger partial charge in [-0.25, -0.2) is 0 Å². The first-order valence-corrected chi connectivity index (χ1v) is 7.74. The zero-order valence-corrected chi connectivity index (χ0v) is 13.8. The molecule has 118 valence electrons. The van der Waals surface area contributed by atoms with E-state index in [1.54, 1.807) is 0 Å². The number of aliphatic hydroxyl groups is 1. The van der Waals surface area contributed by atoms with E-state index in [1.165, 1.54) is 6.42 Å². The second-order valence-electron chi connectivity index (χ2n) is 6.07. The van der Waals surface area contributed by atoms with Gasteiger partial charge in [0, 0.05) is 13.5 Å². The summed E-state index contributed by atoms with van der Waals surface area (Å²) in [6.45, 7) is 4.70. The van der Waals surface area contributed by atoms with Crippen LogP contribution in [0.15, 0.2) is 12.2 Å². The van der Waals surface area contributed by atoms with E-state index in [4.69, 9.17) is 5.11 Å². The van der Waals surface area contributed by atoms with Gasteiger partial charge in [-0.3, -0.25) is 4.79 Å². The standard InChI is InChI=1S/C16H33N2O2/c1-5-6-7-8-9-10-11-16(20)17(2)12-13-18(3,4)14-15-19/h7-8,19H,5-6,9-15H2,1-4H3/q+1/b8-7+. The predicted molar refractivity (Wildman–Crippen MR) is 84.5 cm³/mol. The Morgan fingerprint density at radius 2 is 1.85 bits per heavy atom. The van der Waals surface area contributed by atoms with Crippen LogP contribution in [0.4, 0.5) is 0 Å². The molecule has 4 heteroatoms. The highest BCUT2D eigenvalue weighted by atomic mass is 16.3. The molecule has 1 N–H and O–H groups in total. The highest BCUT2D eigenvalue weighted by molar-refractivity contribution is 5.75. The minimum absolute atomic E-state index is 0.189. The summed E-state index contributed by atoms with van der Waals surface area (Å²) >= 11 is 0. The van der Waals surface area contributed by atoms with Gasteiger partial charge < -0.3 is 14.5 Å². The molecule has 0 aromatic carbocycles. The molecule has 0 saturated heterocycles. The van der Waals surface area contributed by atoms with Crippen molar-refractivity contribution in [1.82, 2.24) is 4.90 Å². The SMILES string of the molecule is CCC/C=C/CCCC(=O)N(C)CC[N+](C)(C)CCO. The molecule has 0 spiro atoms. The molecule has 0 rings (SSSR count). The Morgan fingerprint density at radius 1 is 1.20 bits per heavy atom. The number of rotatable bonds is 11. The molecule has 0 bridgehead atoms. The first-order chi connectivity index (χ1) is 9.43. The molecule has 0 radical (unpaired) electrons. The van der Waals surface area contributed by atoms with Crippen molar-refractivity contribution < 1.29 is 14.4 Å². The summed E-state index contributed by atoms with van der Waals surface area (Å²) in [6.07, 6.45) is 9.23. The van der Waals surface area contributed by atoms with Crippen LogP contribution in [-0.2, 0) is 4.79 Å². The van der Waals surface area contributed by atoms with Crippen LogP contribution >= 0.6 is 0 Å². The van der Waals surface area contributed by atoms with E-state index in [-0.39, 0.29) is 12.5 Å². The van der Waals surface area contributed by atoms with E-state index in [1.807, 2.05) is 11.9 Å². The van der Waals surface area contributed by atoms with E-state index < -0.39 is 0 Å². The van der Waals surface area contributed by atoms with Gasteiger partial charge in [-0.2, -0.15) is 0 Å². The summed E-state index contributed by atoms with van der Waals surface area (Å²) in [5.41, 5.74) is 0. The fraction of sp³-hybridized carbons (Fsp3) is 0.812. The third-order valence-electron chi connectivity index (χ3n) is 3.56. The molecule has 0 aromatic rings. The van der Waals surface area contributed by atoms with Crippen molar-refractivity contribution in [2.45, 2.75) is 39.0 Å². The van der Waals surface area contributed by atoms with Crippen LogP contribution in [0.5, 0.6) is 0 Å². The van der Waals surface area contributed by atoms with Gasteiger partial charge in [0.05, 0.1) is 33.8 Å². The number of amides is 1. The van der Waals surface area contributed by atoms with Crippen LogP contribution in [0.2, 0.25) is 0 Å². The van der Waals surface area contributed by atoms with Crippen molar-refractivity contribution in [3.63, 3.8) is 0 Å². The summed E-state index contributed by atoms with van der Waals surface area (Å²) in [7, 11) is 6.02. The Morgan fingerprint density at radius 3 is 2.45 bits per heavy atom. The lowest BCUT2D eigenvalue weighted by Crippen LogP contribution is -2.47. The van der Waals surface area contributed by atoms with E-state index >= 15 is 0 Å². The Hall–Kier alpha value is -0.870. The van der Waals surface area contributed by atoms with Crippen molar-refractivity contribution in [3.8, 4) is 0 Å². The summed E-state index contributed by atoms with van der Waals surface area (Å²) in [5, 5.41) is 8.98. The van der Waals surface area contributed by atoms with Gasteiger partial charge >= 0.3 is 0 Å². The largest absolute Gasteiger partial charge is 0.391 e. The summed E-state index contributed by atoms with van der Waals surface area (Å²) < 4.78 is 0.744. The molecule has 0 aliphatic rings. The first kappa shape index (κ1) is 19.1. The molecule has 0 unspecified atom stereocenters. The minimum Gasteiger partial charge on any atom is -0.391 e. The molecule has 20 heavy (non-hydrogen) atoms. The van der Waals surface area contributed by atoms with Gasteiger partial charge in [-0.15, -0.1) is 0 Å². The maximum atomic E-state index is 12.0. The number of carbonyl (C=O) groups is 1. The van der Waals surface area contributed by atoms with Gasteiger partial charge in [0.15, 0.2) is 0 Å².